The molecule has 0 bridgehead atoms. The standard InChI is InChI=1S/C14H21BrN2O/c1-4-5-6-7-17(3)14(18)12-8-11(15)9-13(16)10(12)2/h8-9H,4-7,16H2,1-3H3. The van der Waals surface area contributed by atoms with Gasteiger partial charge in [-0.05, 0) is 31.0 Å². The molecule has 0 heterocycles. The molecule has 18 heavy (non-hydrogen) atoms. The van der Waals surface area contributed by atoms with Gasteiger partial charge in [0.05, 0.1) is 0 Å². The lowest BCUT2D eigenvalue weighted by Crippen LogP contribution is -2.28. The summed E-state index contributed by atoms with van der Waals surface area (Å²) in [5.41, 5.74) is 8.06. The predicted molar refractivity (Wildman–Crippen MR) is 79.8 cm³/mol. The lowest BCUT2D eigenvalue weighted by atomic mass is 10.1. The van der Waals surface area contributed by atoms with Crippen LogP contribution in [-0.2, 0) is 0 Å². The number of rotatable bonds is 5. The number of carbonyl (C=O) groups excluding carboxylic acids is 1. The number of hydrogen-bond donors (Lipinski definition) is 1. The average Bonchev–Trinajstić information content (AvgIpc) is 2.33. The molecule has 0 spiro atoms. The van der Waals surface area contributed by atoms with Crippen molar-refractivity contribution in [2.45, 2.75) is 33.1 Å². The van der Waals surface area contributed by atoms with Crippen LogP contribution in [0.4, 0.5) is 5.69 Å². The van der Waals surface area contributed by atoms with Gasteiger partial charge in [-0.1, -0.05) is 35.7 Å². The fraction of sp³-hybridized carbons (Fsp3) is 0.500. The summed E-state index contributed by atoms with van der Waals surface area (Å²) >= 11 is 3.38. The summed E-state index contributed by atoms with van der Waals surface area (Å²) in [7, 11) is 1.84. The molecule has 0 saturated heterocycles. The Morgan fingerprint density at radius 1 is 1.39 bits per heavy atom. The second-order valence-corrected chi connectivity index (χ2v) is 5.52. The van der Waals surface area contributed by atoms with Gasteiger partial charge in [-0.2, -0.15) is 0 Å². The summed E-state index contributed by atoms with van der Waals surface area (Å²) in [6, 6.07) is 3.66. The Bertz CT molecular complexity index is 432. The fourth-order valence-electron chi connectivity index (χ4n) is 1.83. The number of unbranched alkanes of at least 4 members (excludes halogenated alkanes) is 2. The van der Waals surface area contributed by atoms with Gasteiger partial charge in [0.15, 0.2) is 0 Å². The highest BCUT2D eigenvalue weighted by atomic mass is 79.9. The van der Waals surface area contributed by atoms with E-state index in [-0.39, 0.29) is 5.91 Å². The van der Waals surface area contributed by atoms with Crippen molar-refractivity contribution in [2.24, 2.45) is 0 Å². The number of benzene rings is 1. The van der Waals surface area contributed by atoms with Crippen molar-refractivity contribution in [1.29, 1.82) is 0 Å². The third-order valence-electron chi connectivity index (χ3n) is 3.09. The van der Waals surface area contributed by atoms with Crippen molar-refractivity contribution in [3.8, 4) is 0 Å². The minimum Gasteiger partial charge on any atom is -0.398 e. The highest BCUT2D eigenvalue weighted by Gasteiger charge is 2.15. The smallest absolute Gasteiger partial charge is 0.253 e. The normalized spacial score (nSPS) is 10.4. The Hall–Kier alpha value is -1.03. The molecule has 0 unspecified atom stereocenters. The van der Waals surface area contributed by atoms with Crippen LogP contribution in [0, 0.1) is 6.92 Å². The molecule has 1 aromatic carbocycles. The Balaban J connectivity index is 2.83. The maximum absolute atomic E-state index is 12.3. The van der Waals surface area contributed by atoms with Gasteiger partial charge < -0.3 is 10.6 Å². The Kier molecular flexibility index (Phi) is 5.66. The van der Waals surface area contributed by atoms with Crippen LogP contribution < -0.4 is 5.73 Å². The third-order valence-corrected chi connectivity index (χ3v) is 3.54. The number of nitrogens with two attached hydrogens (primary N) is 1. The van der Waals surface area contributed by atoms with Gasteiger partial charge in [0.1, 0.15) is 0 Å². The number of amides is 1. The Morgan fingerprint density at radius 3 is 2.67 bits per heavy atom. The van der Waals surface area contributed by atoms with E-state index in [0.29, 0.717) is 11.3 Å². The van der Waals surface area contributed by atoms with Crippen LogP contribution >= 0.6 is 15.9 Å². The molecule has 0 radical (unpaired) electrons. The number of halogens is 1. The quantitative estimate of drug-likeness (QED) is 0.667. The zero-order valence-electron chi connectivity index (χ0n) is 11.3. The van der Waals surface area contributed by atoms with E-state index in [2.05, 4.69) is 22.9 Å². The molecule has 0 aliphatic rings. The zero-order chi connectivity index (χ0) is 13.7. The summed E-state index contributed by atoms with van der Waals surface area (Å²) in [5.74, 6) is 0.0385. The molecule has 4 heteroatoms. The topological polar surface area (TPSA) is 46.3 Å². The summed E-state index contributed by atoms with van der Waals surface area (Å²) in [4.78, 5) is 14.1. The maximum atomic E-state index is 12.3. The van der Waals surface area contributed by atoms with Gasteiger partial charge in [0.2, 0.25) is 0 Å². The fourth-order valence-corrected chi connectivity index (χ4v) is 2.30. The van der Waals surface area contributed by atoms with E-state index in [1.54, 1.807) is 4.90 Å². The molecule has 3 nitrogen and oxygen atoms in total. The van der Waals surface area contributed by atoms with Crippen LogP contribution in [0.25, 0.3) is 0 Å². The van der Waals surface area contributed by atoms with E-state index in [4.69, 9.17) is 5.73 Å². The van der Waals surface area contributed by atoms with Crippen LogP contribution in [0.3, 0.4) is 0 Å². The van der Waals surface area contributed by atoms with Crippen LogP contribution in [0.5, 0.6) is 0 Å². The molecular formula is C14H21BrN2O. The highest BCUT2D eigenvalue weighted by molar-refractivity contribution is 9.10. The lowest BCUT2D eigenvalue weighted by molar-refractivity contribution is 0.0792. The summed E-state index contributed by atoms with van der Waals surface area (Å²) in [5, 5.41) is 0. The minimum atomic E-state index is 0.0385. The maximum Gasteiger partial charge on any atom is 0.253 e. The molecule has 1 amide bonds. The van der Waals surface area contributed by atoms with Gasteiger partial charge in [-0.15, -0.1) is 0 Å². The highest BCUT2D eigenvalue weighted by Crippen LogP contribution is 2.23. The first-order valence-electron chi connectivity index (χ1n) is 6.28. The van der Waals surface area contributed by atoms with E-state index in [1.165, 1.54) is 0 Å². The summed E-state index contributed by atoms with van der Waals surface area (Å²) in [6.45, 7) is 4.83. The van der Waals surface area contributed by atoms with Crippen molar-refractivity contribution in [1.82, 2.24) is 4.90 Å². The molecular weight excluding hydrogens is 292 g/mol. The largest absolute Gasteiger partial charge is 0.398 e. The van der Waals surface area contributed by atoms with Crippen LogP contribution in [0.2, 0.25) is 0 Å². The van der Waals surface area contributed by atoms with E-state index < -0.39 is 0 Å². The van der Waals surface area contributed by atoms with E-state index in [9.17, 15) is 4.79 Å². The van der Waals surface area contributed by atoms with Gasteiger partial charge in [-0.25, -0.2) is 0 Å². The van der Waals surface area contributed by atoms with Gasteiger partial charge >= 0.3 is 0 Å². The van der Waals surface area contributed by atoms with Crippen molar-refractivity contribution in [3.63, 3.8) is 0 Å². The molecule has 0 saturated carbocycles. The number of hydrogen-bond acceptors (Lipinski definition) is 2. The second kappa shape index (κ2) is 6.78. The monoisotopic (exact) mass is 312 g/mol. The van der Waals surface area contributed by atoms with Crippen molar-refractivity contribution in [3.05, 3.63) is 27.7 Å². The molecule has 100 valence electrons. The van der Waals surface area contributed by atoms with Crippen LogP contribution in [0.1, 0.15) is 42.1 Å². The van der Waals surface area contributed by atoms with Gasteiger partial charge in [0.25, 0.3) is 5.91 Å². The third kappa shape index (κ3) is 3.73. The Morgan fingerprint density at radius 2 is 2.06 bits per heavy atom. The molecule has 0 atom stereocenters. The van der Waals surface area contributed by atoms with Crippen LogP contribution in [-0.4, -0.2) is 24.4 Å². The molecule has 1 rings (SSSR count). The molecule has 1 aromatic rings. The van der Waals surface area contributed by atoms with Crippen molar-refractivity contribution < 1.29 is 4.79 Å². The average molecular weight is 313 g/mol. The van der Waals surface area contributed by atoms with Gasteiger partial charge in [-0.3, -0.25) is 4.79 Å². The van der Waals surface area contributed by atoms with E-state index in [1.807, 2.05) is 26.1 Å². The van der Waals surface area contributed by atoms with E-state index >= 15 is 0 Å². The Labute approximate surface area is 117 Å². The summed E-state index contributed by atoms with van der Waals surface area (Å²) in [6.07, 6.45) is 3.35. The minimum absolute atomic E-state index is 0.0385. The SMILES string of the molecule is CCCCCN(C)C(=O)c1cc(Br)cc(N)c1C. The first-order valence-corrected chi connectivity index (χ1v) is 7.07. The lowest BCUT2D eigenvalue weighted by Gasteiger charge is -2.19. The number of nitrogen functional groups attached to an aromatic ring is 1. The molecule has 2 N–H and O–H groups in total. The number of carbonyl (C=O) groups is 1. The van der Waals surface area contributed by atoms with Crippen molar-refractivity contribution in [2.75, 3.05) is 19.3 Å². The first kappa shape index (κ1) is 15.0. The van der Waals surface area contributed by atoms with Crippen molar-refractivity contribution >= 4 is 27.5 Å². The van der Waals surface area contributed by atoms with Crippen LogP contribution in [0.15, 0.2) is 16.6 Å². The molecule has 0 fully saturated rings. The number of anilines is 1. The molecule has 0 aromatic heterocycles. The molecule has 0 aliphatic heterocycles. The van der Waals surface area contributed by atoms with Gasteiger partial charge in [0, 0.05) is 29.3 Å². The first-order chi connectivity index (χ1) is 8.47. The predicted octanol–water partition coefficient (Wildman–Crippen LogP) is 3.60. The van der Waals surface area contributed by atoms with E-state index in [0.717, 1.165) is 35.8 Å². The summed E-state index contributed by atoms with van der Waals surface area (Å²) < 4.78 is 0.843. The second-order valence-electron chi connectivity index (χ2n) is 4.60. The number of nitrogens with zero attached hydrogens (tertiary/aromatic N) is 1. The zero-order valence-corrected chi connectivity index (χ0v) is 12.9. The molecule has 0 aliphatic carbocycles.